The van der Waals surface area contributed by atoms with Crippen molar-refractivity contribution < 1.29 is 18.7 Å². The maximum absolute atomic E-state index is 13.6. The number of hydrogen-bond acceptors (Lipinski definition) is 4. The molecule has 4 rings (SSSR count). The van der Waals surface area contributed by atoms with Crippen molar-refractivity contribution in [3.63, 3.8) is 0 Å². The Morgan fingerprint density at radius 1 is 1.27 bits per heavy atom. The van der Waals surface area contributed by atoms with Crippen LogP contribution in [0, 0.1) is 12.7 Å². The SMILES string of the molecule is Cc1cn(C2CCOCC2)nc1C(=O)N1CCOc2ccc(F)cc2C1. The quantitative estimate of drug-likeness (QED) is 0.827. The molecule has 0 aliphatic carbocycles. The first-order valence-electron chi connectivity index (χ1n) is 8.96. The molecule has 138 valence electrons. The minimum Gasteiger partial charge on any atom is -0.491 e. The Morgan fingerprint density at radius 2 is 2.08 bits per heavy atom. The number of carbonyl (C=O) groups excluding carboxylic acids is 1. The zero-order valence-electron chi connectivity index (χ0n) is 14.8. The summed E-state index contributed by atoms with van der Waals surface area (Å²) in [6.07, 6.45) is 3.74. The van der Waals surface area contributed by atoms with Gasteiger partial charge in [-0.2, -0.15) is 5.10 Å². The van der Waals surface area contributed by atoms with Gasteiger partial charge < -0.3 is 14.4 Å². The number of nitrogens with zero attached hydrogens (tertiary/aromatic N) is 3. The molecular weight excluding hydrogens is 337 g/mol. The molecule has 1 aromatic carbocycles. The van der Waals surface area contributed by atoms with E-state index in [2.05, 4.69) is 5.10 Å². The van der Waals surface area contributed by atoms with Gasteiger partial charge >= 0.3 is 0 Å². The van der Waals surface area contributed by atoms with Gasteiger partial charge in [-0.1, -0.05) is 0 Å². The van der Waals surface area contributed by atoms with Gasteiger partial charge in [-0.25, -0.2) is 4.39 Å². The van der Waals surface area contributed by atoms with E-state index in [1.807, 2.05) is 17.8 Å². The number of hydrogen-bond donors (Lipinski definition) is 0. The Morgan fingerprint density at radius 3 is 2.88 bits per heavy atom. The first-order valence-corrected chi connectivity index (χ1v) is 8.96. The van der Waals surface area contributed by atoms with Crippen LogP contribution >= 0.6 is 0 Å². The van der Waals surface area contributed by atoms with Gasteiger partial charge in [0.25, 0.3) is 5.91 Å². The van der Waals surface area contributed by atoms with Gasteiger partial charge in [0, 0.05) is 37.1 Å². The smallest absolute Gasteiger partial charge is 0.275 e. The zero-order valence-corrected chi connectivity index (χ0v) is 14.8. The molecule has 0 bridgehead atoms. The third kappa shape index (κ3) is 3.31. The van der Waals surface area contributed by atoms with Crippen molar-refractivity contribution >= 4 is 5.91 Å². The Balaban J connectivity index is 1.56. The molecule has 1 amide bonds. The molecule has 0 N–H and O–H groups in total. The highest BCUT2D eigenvalue weighted by atomic mass is 19.1. The van der Waals surface area contributed by atoms with E-state index in [1.54, 1.807) is 11.0 Å². The molecule has 0 saturated carbocycles. The van der Waals surface area contributed by atoms with Crippen molar-refractivity contribution in [2.24, 2.45) is 0 Å². The third-order valence-electron chi connectivity index (χ3n) is 4.97. The van der Waals surface area contributed by atoms with Crippen LogP contribution in [0.5, 0.6) is 5.75 Å². The molecule has 1 aromatic heterocycles. The predicted octanol–water partition coefficient (Wildman–Crippen LogP) is 2.72. The molecule has 2 aliphatic rings. The highest BCUT2D eigenvalue weighted by Gasteiger charge is 2.26. The fourth-order valence-corrected chi connectivity index (χ4v) is 3.52. The van der Waals surface area contributed by atoms with Gasteiger partial charge in [0.05, 0.1) is 12.6 Å². The molecule has 2 aliphatic heterocycles. The van der Waals surface area contributed by atoms with Crippen LogP contribution in [0.15, 0.2) is 24.4 Å². The van der Waals surface area contributed by atoms with Crippen molar-refractivity contribution in [1.82, 2.24) is 14.7 Å². The molecule has 0 unspecified atom stereocenters. The highest BCUT2D eigenvalue weighted by Crippen LogP contribution is 2.26. The minimum absolute atomic E-state index is 0.144. The fourth-order valence-electron chi connectivity index (χ4n) is 3.52. The summed E-state index contributed by atoms with van der Waals surface area (Å²) in [5, 5.41) is 4.57. The van der Waals surface area contributed by atoms with Crippen LogP contribution in [0.25, 0.3) is 0 Å². The van der Waals surface area contributed by atoms with E-state index in [-0.39, 0.29) is 17.8 Å². The maximum Gasteiger partial charge on any atom is 0.275 e. The van der Waals surface area contributed by atoms with Crippen molar-refractivity contribution in [1.29, 1.82) is 0 Å². The molecule has 26 heavy (non-hydrogen) atoms. The Hall–Kier alpha value is -2.41. The average molecular weight is 359 g/mol. The fraction of sp³-hybridized carbons (Fsp3) is 0.474. The lowest BCUT2D eigenvalue weighted by Gasteiger charge is -2.22. The van der Waals surface area contributed by atoms with Crippen LogP contribution in [0.4, 0.5) is 4.39 Å². The highest BCUT2D eigenvalue weighted by molar-refractivity contribution is 5.93. The molecular formula is C19H22FN3O3. The monoisotopic (exact) mass is 359 g/mol. The van der Waals surface area contributed by atoms with Crippen LogP contribution in [0.1, 0.15) is 40.5 Å². The molecule has 3 heterocycles. The van der Waals surface area contributed by atoms with Crippen LogP contribution < -0.4 is 4.74 Å². The maximum atomic E-state index is 13.6. The lowest BCUT2D eigenvalue weighted by atomic mass is 10.1. The second kappa shape index (κ2) is 7.07. The first kappa shape index (κ1) is 17.0. The average Bonchev–Trinajstić information content (AvgIpc) is 2.91. The number of ether oxygens (including phenoxy) is 2. The van der Waals surface area contributed by atoms with Gasteiger partial charge in [0.2, 0.25) is 0 Å². The van der Waals surface area contributed by atoms with E-state index in [0.29, 0.717) is 36.7 Å². The number of carbonyl (C=O) groups is 1. The molecule has 1 saturated heterocycles. The van der Waals surface area contributed by atoms with Crippen LogP contribution in [0.2, 0.25) is 0 Å². The van der Waals surface area contributed by atoms with E-state index >= 15 is 0 Å². The number of amides is 1. The summed E-state index contributed by atoms with van der Waals surface area (Å²) in [7, 11) is 0. The second-order valence-corrected chi connectivity index (χ2v) is 6.81. The number of rotatable bonds is 2. The predicted molar refractivity (Wildman–Crippen MR) is 92.7 cm³/mol. The molecule has 0 spiro atoms. The third-order valence-corrected chi connectivity index (χ3v) is 4.97. The zero-order chi connectivity index (χ0) is 18.1. The summed E-state index contributed by atoms with van der Waals surface area (Å²) in [6.45, 7) is 4.48. The van der Waals surface area contributed by atoms with Crippen LogP contribution in [-0.2, 0) is 11.3 Å². The van der Waals surface area contributed by atoms with E-state index in [1.165, 1.54) is 12.1 Å². The lowest BCUT2D eigenvalue weighted by molar-refractivity contribution is 0.0652. The summed E-state index contributed by atoms with van der Waals surface area (Å²) in [5.74, 6) is 0.154. The number of aromatic nitrogens is 2. The summed E-state index contributed by atoms with van der Waals surface area (Å²) in [6, 6.07) is 4.68. The molecule has 6 nitrogen and oxygen atoms in total. The van der Waals surface area contributed by atoms with Gasteiger partial charge in [-0.05, 0) is 38.0 Å². The van der Waals surface area contributed by atoms with Gasteiger partial charge in [-0.15, -0.1) is 0 Å². The summed E-state index contributed by atoms with van der Waals surface area (Å²) in [4.78, 5) is 14.7. The Bertz CT molecular complexity index is 814. The van der Waals surface area contributed by atoms with E-state index < -0.39 is 0 Å². The molecule has 7 heteroatoms. The van der Waals surface area contributed by atoms with Crippen molar-refractivity contribution in [3.8, 4) is 5.75 Å². The topological polar surface area (TPSA) is 56.6 Å². The second-order valence-electron chi connectivity index (χ2n) is 6.81. The molecule has 1 fully saturated rings. The van der Waals surface area contributed by atoms with E-state index in [4.69, 9.17) is 9.47 Å². The summed E-state index contributed by atoms with van der Waals surface area (Å²) in [5.41, 5.74) is 1.99. The van der Waals surface area contributed by atoms with Crippen molar-refractivity contribution in [3.05, 3.63) is 47.0 Å². The lowest BCUT2D eigenvalue weighted by Crippen LogP contribution is -2.33. The number of fused-ring (bicyclic) bond motifs is 1. The molecule has 0 radical (unpaired) electrons. The number of benzene rings is 1. The number of aryl methyl sites for hydroxylation is 1. The normalized spacial score (nSPS) is 18.2. The van der Waals surface area contributed by atoms with E-state index in [0.717, 1.165) is 31.6 Å². The largest absolute Gasteiger partial charge is 0.491 e. The Kier molecular flexibility index (Phi) is 4.63. The molecule has 2 aromatic rings. The summed E-state index contributed by atoms with van der Waals surface area (Å²) >= 11 is 0. The minimum atomic E-state index is -0.332. The summed E-state index contributed by atoms with van der Waals surface area (Å²) < 4.78 is 26.5. The standard InChI is InChI=1S/C19H22FN3O3/c1-13-11-23(16-4-7-25-8-5-16)21-18(13)19(24)22-6-9-26-17-3-2-15(20)10-14(17)12-22/h2-3,10-11,16H,4-9,12H2,1H3. The van der Waals surface area contributed by atoms with Gasteiger partial charge in [0.1, 0.15) is 18.2 Å². The van der Waals surface area contributed by atoms with Crippen LogP contribution in [-0.4, -0.2) is 47.0 Å². The van der Waals surface area contributed by atoms with Crippen molar-refractivity contribution in [2.75, 3.05) is 26.4 Å². The van der Waals surface area contributed by atoms with Gasteiger partial charge in [0.15, 0.2) is 5.69 Å². The molecule has 0 atom stereocenters. The van der Waals surface area contributed by atoms with E-state index in [9.17, 15) is 9.18 Å². The van der Waals surface area contributed by atoms with Crippen molar-refractivity contribution in [2.45, 2.75) is 32.4 Å². The van der Waals surface area contributed by atoms with Crippen LogP contribution in [0.3, 0.4) is 0 Å². The van der Waals surface area contributed by atoms with Gasteiger partial charge in [-0.3, -0.25) is 9.48 Å². The number of halogens is 1. The Labute approximate surface area is 151 Å². The first-order chi connectivity index (χ1) is 12.6.